The lowest BCUT2D eigenvalue weighted by Gasteiger charge is -2.58. The molecule has 0 bridgehead atoms. The molecule has 48 heavy (non-hydrogen) atoms. The third-order valence-electron chi connectivity index (χ3n) is 9.13. The number of fused-ring (bicyclic) bond motifs is 2. The van der Waals surface area contributed by atoms with Crippen molar-refractivity contribution >= 4 is 45.7 Å². The van der Waals surface area contributed by atoms with Crippen molar-refractivity contribution in [1.82, 2.24) is 34.7 Å². The number of aromatic nitrogens is 4. The van der Waals surface area contributed by atoms with Gasteiger partial charge in [0.05, 0.1) is 36.6 Å². The van der Waals surface area contributed by atoms with Gasteiger partial charge in [0, 0.05) is 54.9 Å². The van der Waals surface area contributed by atoms with Gasteiger partial charge in [0.15, 0.2) is 0 Å². The molecule has 4 aromatic rings. The zero-order chi connectivity index (χ0) is 34.5. The lowest BCUT2D eigenvalue weighted by Crippen LogP contribution is -2.63. The van der Waals surface area contributed by atoms with Crippen molar-refractivity contribution in [2.45, 2.75) is 51.7 Å². The molecule has 1 saturated heterocycles. The number of likely N-dealkylation sites (N-methyl/N-ethyl adjacent to an activating group) is 1. The molecule has 0 atom stereocenters. The zero-order valence-corrected chi connectivity index (χ0v) is 28.0. The van der Waals surface area contributed by atoms with E-state index in [-0.39, 0.29) is 43.0 Å². The highest BCUT2D eigenvalue weighted by molar-refractivity contribution is 6.00. The van der Waals surface area contributed by atoms with E-state index >= 15 is 4.39 Å². The van der Waals surface area contributed by atoms with Gasteiger partial charge in [0.1, 0.15) is 24.5 Å². The van der Waals surface area contributed by atoms with E-state index in [4.69, 9.17) is 9.84 Å². The van der Waals surface area contributed by atoms with E-state index in [1.807, 2.05) is 39.0 Å². The summed E-state index contributed by atoms with van der Waals surface area (Å²) >= 11 is 0. The summed E-state index contributed by atoms with van der Waals surface area (Å²) in [6.45, 7) is 6.00. The Kier molecular flexibility index (Phi) is 8.38. The fourth-order valence-corrected chi connectivity index (χ4v) is 6.77. The minimum Gasteiger partial charge on any atom is -0.468 e. The predicted molar refractivity (Wildman–Crippen MR) is 174 cm³/mol. The average molecular weight is 662 g/mol. The van der Waals surface area contributed by atoms with Gasteiger partial charge in [-0.3, -0.25) is 23.7 Å². The van der Waals surface area contributed by atoms with E-state index in [0.29, 0.717) is 35.1 Å². The molecule has 2 aromatic heterocycles. The summed E-state index contributed by atoms with van der Waals surface area (Å²) in [5, 5.41) is 13.1. The molecule has 0 radical (unpaired) electrons. The number of hydrogen-bond acceptors (Lipinski definition) is 8. The number of hydrogen-bond donors (Lipinski definition) is 1. The van der Waals surface area contributed by atoms with Crippen LogP contribution < -0.4 is 5.32 Å². The van der Waals surface area contributed by atoms with Crippen molar-refractivity contribution in [2.75, 3.05) is 40.3 Å². The first-order valence-corrected chi connectivity index (χ1v) is 15.8. The Hall–Kier alpha value is -5.01. The first kappa shape index (κ1) is 32.9. The van der Waals surface area contributed by atoms with E-state index in [2.05, 4.69) is 15.2 Å². The first-order valence-electron chi connectivity index (χ1n) is 15.8. The molecule has 14 heteroatoms. The summed E-state index contributed by atoms with van der Waals surface area (Å²) in [7, 11) is 4.52. The standard InChI is InChI=1S/C34H40FN7O6/c1-33(2,3)48-32(46)41-18-34(19-41)12-21(13-34)31-30-22(23-11-26-20(10-24(23)35)14-37-40(26)5)8-7-9-25(30)42(38-31)17-28(44)39(4)16-27(43)36-15-29(45)47-6/h7-11,14,21H,12-13,15-19H2,1-6H3,(H,36,43). The van der Waals surface area contributed by atoms with Crippen molar-refractivity contribution in [3.63, 3.8) is 0 Å². The molecule has 1 spiro atoms. The molecule has 1 N–H and O–H groups in total. The molecule has 13 nitrogen and oxygen atoms in total. The van der Waals surface area contributed by atoms with Gasteiger partial charge in [-0.2, -0.15) is 10.2 Å². The lowest BCUT2D eigenvalue weighted by atomic mass is 9.56. The van der Waals surface area contributed by atoms with Crippen LogP contribution in [0.3, 0.4) is 0 Å². The minimum atomic E-state index is -0.597. The summed E-state index contributed by atoms with van der Waals surface area (Å²) in [5.74, 6) is -1.85. The van der Waals surface area contributed by atoms with Gasteiger partial charge >= 0.3 is 12.1 Å². The Morgan fingerprint density at radius 2 is 1.83 bits per heavy atom. The largest absolute Gasteiger partial charge is 0.468 e. The van der Waals surface area contributed by atoms with Crippen LogP contribution in [0.5, 0.6) is 0 Å². The molecular weight excluding hydrogens is 621 g/mol. The Bertz CT molecular complexity index is 1930. The average Bonchev–Trinajstić information content (AvgIpc) is 3.52. The Labute approximate surface area is 276 Å². The maximum absolute atomic E-state index is 15.7. The first-order chi connectivity index (χ1) is 22.7. The molecule has 0 unspecified atom stereocenters. The Morgan fingerprint density at radius 1 is 1.10 bits per heavy atom. The number of nitrogens with zero attached hydrogens (tertiary/aromatic N) is 6. The highest BCUT2D eigenvalue weighted by Crippen LogP contribution is 2.57. The normalized spacial score (nSPS) is 15.7. The number of methoxy groups -OCH3 is 1. The van der Waals surface area contributed by atoms with E-state index in [9.17, 15) is 19.2 Å². The van der Waals surface area contributed by atoms with Crippen LogP contribution in [0, 0.1) is 11.2 Å². The van der Waals surface area contributed by atoms with Crippen molar-refractivity contribution in [1.29, 1.82) is 0 Å². The van der Waals surface area contributed by atoms with Crippen molar-refractivity contribution in [3.05, 3.63) is 48.0 Å². The highest BCUT2D eigenvalue weighted by atomic mass is 19.1. The number of halogens is 1. The summed E-state index contributed by atoms with van der Waals surface area (Å²) in [6.07, 6.45) is 2.86. The Balaban J connectivity index is 1.29. The van der Waals surface area contributed by atoms with Gasteiger partial charge in [-0.15, -0.1) is 0 Å². The van der Waals surface area contributed by atoms with Gasteiger partial charge in [-0.05, 0) is 57.4 Å². The maximum Gasteiger partial charge on any atom is 0.410 e. The summed E-state index contributed by atoms with van der Waals surface area (Å²) in [5.41, 5.74) is 2.64. The summed E-state index contributed by atoms with van der Waals surface area (Å²) in [6, 6.07) is 8.79. The number of aryl methyl sites for hydroxylation is 1. The van der Waals surface area contributed by atoms with Gasteiger partial charge in [-0.1, -0.05) is 12.1 Å². The molecule has 1 aliphatic heterocycles. The van der Waals surface area contributed by atoms with Crippen LogP contribution in [-0.4, -0.2) is 99.2 Å². The van der Waals surface area contributed by atoms with Gasteiger partial charge < -0.3 is 24.6 Å². The fourth-order valence-electron chi connectivity index (χ4n) is 6.77. The second-order valence-corrected chi connectivity index (χ2v) is 13.9. The van der Waals surface area contributed by atoms with Crippen molar-refractivity contribution in [2.24, 2.45) is 12.5 Å². The molecule has 3 heterocycles. The van der Waals surface area contributed by atoms with Crippen LogP contribution >= 0.6 is 0 Å². The number of rotatable bonds is 8. The van der Waals surface area contributed by atoms with E-state index in [1.165, 1.54) is 25.1 Å². The number of amides is 3. The van der Waals surface area contributed by atoms with Crippen LogP contribution in [0.2, 0.25) is 0 Å². The number of likely N-dealkylation sites (tertiary alicyclic amines) is 1. The van der Waals surface area contributed by atoms with Crippen molar-refractivity contribution in [3.8, 4) is 11.1 Å². The van der Waals surface area contributed by atoms with Crippen LogP contribution in [0.4, 0.5) is 9.18 Å². The quantitative estimate of drug-likeness (QED) is 0.283. The molecule has 1 saturated carbocycles. The maximum atomic E-state index is 15.7. The third-order valence-corrected chi connectivity index (χ3v) is 9.13. The van der Waals surface area contributed by atoms with Crippen LogP contribution in [0.1, 0.15) is 45.2 Å². The SMILES string of the molecule is COC(=O)CNC(=O)CN(C)C(=O)Cn1nc(C2CC3(C2)CN(C(=O)OC(C)(C)C)C3)c2c(-c3cc4c(cnn4C)cc3F)cccc21. The van der Waals surface area contributed by atoms with E-state index in [1.54, 1.807) is 33.6 Å². The predicted octanol–water partition coefficient (Wildman–Crippen LogP) is 3.59. The number of carbonyl (C=O) groups excluding carboxylic acids is 4. The fraction of sp³-hybridized carbons (Fsp3) is 0.471. The zero-order valence-electron chi connectivity index (χ0n) is 28.0. The second kappa shape index (κ2) is 12.2. The number of esters is 1. The number of nitrogens with one attached hydrogen (secondary N) is 1. The molecule has 2 aromatic carbocycles. The minimum absolute atomic E-state index is 0.0242. The smallest absolute Gasteiger partial charge is 0.410 e. The molecule has 2 fully saturated rings. The second-order valence-electron chi connectivity index (χ2n) is 13.9. The topological polar surface area (TPSA) is 141 Å². The number of ether oxygens (including phenoxy) is 2. The van der Waals surface area contributed by atoms with Crippen LogP contribution in [0.15, 0.2) is 36.5 Å². The van der Waals surface area contributed by atoms with Gasteiger partial charge in [0.25, 0.3) is 0 Å². The Morgan fingerprint density at radius 3 is 2.52 bits per heavy atom. The van der Waals surface area contributed by atoms with Crippen LogP contribution in [-0.2, 0) is 37.4 Å². The highest BCUT2D eigenvalue weighted by Gasteiger charge is 2.55. The third kappa shape index (κ3) is 6.30. The van der Waals surface area contributed by atoms with E-state index in [0.717, 1.165) is 29.4 Å². The number of carbonyl (C=O) groups is 4. The lowest BCUT2D eigenvalue weighted by molar-refractivity contribution is -0.141. The van der Waals surface area contributed by atoms with Crippen molar-refractivity contribution < 1.29 is 33.0 Å². The molecule has 2 aliphatic rings. The summed E-state index contributed by atoms with van der Waals surface area (Å²) in [4.78, 5) is 52.6. The summed E-state index contributed by atoms with van der Waals surface area (Å²) < 4.78 is 29.1. The monoisotopic (exact) mass is 661 g/mol. The van der Waals surface area contributed by atoms with Gasteiger partial charge in [0.2, 0.25) is 11.8 Å². The molecule has 3 amide bonds. The molecule has 6 rings (SSSR count). The molecular formula is C34H40FN7O6. The molecule has 1 aliphatic carbocycles. The van der Waals surface area contributed by atoms with E-state index < -0.39 is 23.3 Å². The molecule has 254 valence electrons. The number of benzene rings is 2. The van der Waals surface area contributed by atoms with Gasteiger partial charge in [-0.25, -0.2) is 9.18 Å². The van der Waals surface area contributed by atoms with Crippen LogP contribution in [0.25, 0.3) is 32.9 Å².